The van der Waals surface area contributed by atoms with Crippen molar-refractivity contribution in [3.8, 4) is 0 Å². The van der Waals surface area contributed by atoms with E-state index in [9.17, 15) is 4.79 Å². The zero-order valence-electron chi connectivity index (χ0n) is 12.0. The zero-order chi connectivity index (χ0) is 13.7. The molecule has 0 atom stereocenters. The number of hydrogen-bond donors (Lipinski definition) is 2. The van der Waals surface area contributed by atoms with Crippen molar-refractivity contribution in [2.24, 2.45) is 5.73 Å². The molecule has 1 saturated heterocycles. The molecule has 1 aliphatic carbocycles. The number of hydrogen-bond acceptors (Lipinski definition) is 4. The molecule has 2 fully saturated rings. The standard InChI is InChI=1S/C14H27N3O2/c1-19-11-10-17-8-4-12(5-9-17)16-13(18)14(15)6-2-3-7-14/h12H,2-11,15H2,1H3,(H,16,18). The van der Waals surface area contributed by atoms with Crippen molar-refractivity contribution in [2.75, 3.05) is 33.4 Å². The van der Waals surface area contributed by atoms with Gasteiger partial charge in [-0.25, -0.2) is 0 Å². The molecule has 1 heterocycles. The van der Waals surface area contributed by atoms with Gasteiger partial charge in [0.25, 0.3) is 0 Å². The maximum absolute atomic E-state index is 12.2. The Balaban J connectivity index is 1.72. The third-order valence-electron chi connectivity index (χ3n) is 4.48. The van der Waals surface area contributed by atoms with Crippen molar-refractivity contribution in [1.29, 1.82) is 0 Å². The molecule has 3 N–H and O–H groups in total. The van der Waals surface area contributed by atoms with Crippen LogP contribution in [-0.4, -0.2) is 55.7 Å². The summed E-state index contributed by atoms with van der Waals surface area (Å²) in [6.07, 6.45) is 5.88. The minimum absolute atomic E-state index is 0.0698. The Morgan fingerprint density at radius 3 is 2.58 bits per heavy atom. The van der Waals surface area contributed by atoms with Gasteiger partial charge >= 0.3 is 0 Å². The summed E-state index contributed by atoms with van der Waals surface area (Å²) in [5, 5.41) is 3.16. The second-order valence-corrected chi connectivity index (χ2v) is 5.95. The van der Waals surface area contributed by atoms with Gasteiger partial charge in [-0.2, -0.15) is 0 Å². The van der Waals surface area contributed by atoms with Crippen LogP contribution in [-0.2, 0) is 9.53 Å². The predicted octanol–water partition coefficient (Wildman–Crippen LogP) is 0.485. The lowest BCUT2D eigenvalue weighted by atomic mass is 9.96. The third kappa shape index (κ3) is 3.91. The monoisotopic (exact) mass is 269 g/mol. The van der Waals surface area contributed by atoms with E-state index in [1.165, 1.54) is 0 Å². The number of piperidine rings is 1. The van der Waals surface area contributed by atoms with Crippen LogP contribution in [0.5, 0.6) is 0 Å². The van der Waals surface area contributed by atoms with E-state index in [0.29, 0.717) is 6.04 Å². The van der Waals surface area contributed by atoms with Crippen LogP contribution in [0.2, 0.25) is 0 Å². The van der Waals surface area contributed by atoms with E-state index in [4.69, 9.17) is 10.5 Å². The molecule has 2 rings (SSSR count). The SMILES string of the molecule is COCCN1CCC(NC(=O)C2(N)CCCC2)CC1. The molecule has 19 heavy (non-hydrogen) atoms. The normalized spacial score (nSPS) is 24.5. The van der Waals surface area contributed by atoms with E-state index >= 15 is 0 Å². The summed E-state index contributed by atoms with van der Waals surface area (Å²) in [5.41, 5.74) is 5.58. The number of nitrogens with two attached hydrogens (primary N) is 1. The molecule has 0 radical (unpaired) electrons. The molecule has 110 valence electrons. The number of ether oxygens (including phenoxy) is 1. The Hall–Kier alpha value is -0.650. The summed E-state index contributed by atoms with van der Waals surface area (Å²) in [6.45, 7) is 3.83. The summed E-state index contributed by atoms with van der Waals surface area (Å²) in [6, 6.07) is 0.298. The quantitative estimate of drug-likeness (QED) is 0.762. The van der Waals surface area contributed by atoms with Gasteiger partial charge in [0, 0.05) is 32.8 Å². The van der Waals surface area contributed by atoms with E-state index in [2.05, 4.69) is 10.2 Å². The van der Waals surface area contributed by atoms with Crippen molar-refractivity contribution in [3.63, 3.8) is 0 Å². The molecule has 2 aliphatic rings. The van der Waals surface area contributed by atoms with Gasteiger partial charge in [-0.1, -0.05) is 12.8 Å². The van der Waals surface area contributed by atoms with Crippen molar-refractivity contribution in [1.82, 2.24) is 10.2 Å². The first-order valence-corrected chi connectivity index (χ1v) is 7.45. The van der Waals surface area contributed by atoms with Crippen LogP contribution >= 0.6 is 0 Å². The van der Waals surface area contributed by atoms with E-state index in [1.807, 2.05) is 0 Å². The molecule has 1 amide bonds. The van der Waals surface area contributed by atoms with Crippen molar-refractivity contribution in [3.05, 3.63) is 0 Å². The van der Waals surface area contributed by atoms with Gasteiger partial charge in [-0.05, 0) is 25.7 Å². The molecule has 0 spiro atoms. The third-order valence-corrected chi connectivity index (χ3v) is 4.48. The minimum atomic E-state index is -0.590. The Morgan fingerprint density at radius 2 is 2.00 bits per heavy atom. The van der Waals surface area contributed by atoms with Crippen molar-refractivity contribution >= 4 is 5.91 Å². The topological polar surface area (TPSA) is 67.6 Å². The van der Waals surface area contributed by atoms with Crippen LogP contribution in [0.4, 0.5) is 0 Å². The summed E-state index contributed by atoms with van der Waals surface area (Å²) in [7, 11) is 1.73. The molecule has 1 saturated carbocycles. The number of methoxy groups -OCH3 is 1. The van der Waals surface area contributed by atoms with Crippen molar-refractivity contribution < 1.29 is 9.53 Å². The highest BCUT2D eigenvalue weighted by Crippen LogP contribution is 2.27. The lowest BCUT2D eigenvalue weighted by Gasteiger charge is -2.34. The Labute approximate surface area is 115 Å². The van der Waals surface area contributed by atoms with Gasteiger partial charge in [0.2, 0.25) is 5.91 Å². The smallest absolute Gasteiger partial charge is 0.240 e. The predicted molar refractivity (Wildman–Crippen MR) is 74.9 cm³/mol. The van der Waals surface area contributed by atoms with Crippen LogP contribution in [0.15, 0.2) is 0 Å². The molecule has 0 aromatic carbocycles. The lowest BCUT2D eigenvalue weighted by molar-refractivity contribution is -0.127. The fourth-order valence-electron chi connectivity index (χ4n) is 3.08. The zero-order valence-corrected chi connectivity index (χ0v) is 12.0. The van der Waals surface area contributed by atoms with E-state index in [-0.39, 0.29) is 5.91 Å². The molecule has 1 aliphatic heterocycles. The Kier molecular flexibility index (Phi) is 5.19. The molecule has 0 aromatic rings. The average molecular weight is 269 g/mol. The fourth-order valence-corrected chi connectivity index (χ4v) is 3.08. The molecule has 0 unspecified atom stereocenters. The molecule has 5 nitrogen and oxygen atoms in total. The maximum atomic E-state index is 12.2. The average Bonchev–Trinajstić information content (AvgIpc) is 2.86. The van der Waals surface area contributed by atoms with Gasteiger partial charge in [0.15, 0.2) is 0 Å². The first-order valence-electron chi connectivity index (χ1n) is 7.45. The highest BCUT2D eigenvalue weighted by Gasteiger charge is 2.38. The van der Waals surface area contributed by atoms with Gasteiger partial charge in [0.1, 0.15) is 0 Å². The number of nitrogens with one attached hydrogen (secondary N) is 1. The number of rotatable bonds is 5. The van der Waals surface area contributed by atoms with Crippen LogP contribution in [0.3, 0.4) is 0 Å². The number of carbonyl (C=O) groups is 1. The van der Waals surface area contributed by atoms with Gasteiger partial charge in [-0.15, -0.1) is 0 Å². The fraction of sp³-hybridized carbons (Fsp3) is 0.929. The van der Waals surface area contributed by atoms with Gasteiger partial charge < -0.3 is 20.7 Å². The Morgan fingerprint density at radius 1 is 1.37 bits per heavy atom. The number of carbonyl (C=O) groups excluding carboxylic acids is 1. The van der Waals surface area contributed by atoms with Crippen LogP contribution in [0.25, 0.3) is 0 Å². The second kappa shape index (κ2) is 6.68. The first-order chi connectivity index (χ1) is 9.14. The lowest BCUT2D eigenvalue weighted by Crippen LogP contribution is -2.56. The number of nitrogens with zero attached hydrogens (tertiary/aromatic N) is 1. The second-order valence-electron chi connectivity index (χ2n) is 5.95. The highest BCUT2D eigenvalue weighted by molar-refractivity contribution is 5.86. The highest BCUT2D eigenvalue weighted by atomic mass is 16.5. The van der Waals surface area contributed by atoms with E-state index in [1.54, 1.807) is 7.11 Å². The van der Waals surface area contributed by atoms with Crippen LogP contribution in [0, 0.1) is 0 Å². The maximum Gasteiger partial charge on any atom is 0.240 e. The molecular formula is C14H27N3O2. The Bertz CT molecular complexity index is 295. The summed E-state index contributed by atoms with van der Waals surface area (Å²) in [5.74, 6) is 0.0698. The minimum Gasteiger partial charge on any atom is -0.383 e. The largest absolute Gasteiger partial charge is 0.383 e. The van der Waals surface area contributed by atoms with E-state index < -0.39 is 5.54 Å². The molecule has 5 heteroatoms. The van der Waals surface area contributed by atoms with Crippen LogP contribution in [0.1, 0.15) is 38.5 Å². The molecule has 0 bridgehead atoms. The molecular weight excluding hydrogens is 242 g/mol. The van der Waals surface area contributed by atoms with Crippen molar-refractivity contribution in [2.45, 2.75) is 50.1 Å². The number of amides is 1. The van der Waals surface area contributed by atoms with Gasteiger partial charge in [0.05, 0.1) is 12.1 Å². The van der Waals surface area contributed by atoms with Crippen LogP contribution < -0.4 is 11.1 Å². The van der Waals surface area contributed by atoms with E-state index in [0.717, 1.165) is 64.8 Å². The van der Waals surface area contributed by atoms with Gasteiger partial charge in [-0.3, -0.25) is 4.79 Å². The summed E-state index contributed by atoms with van der Waals surface area (Å²) >= 11 is 0. The number of likely N-dealkylation sites (tertiary alicyclic amines) is 1. The first kappa shape index (κ1) is 14.8. The summed E-state index contributed by atoms with van der Waals surface area (Å²) in [4.78, 5) is 14.6. The molecule has 0 aromatic heterocycles. The summed E-state index contributed by atoms with van der Waals surface area (Å²) < 4.78 is 5.09.